The third kappa shape index (κ3) is 7.99. The van der Waals surface area contributed by atoms with Crippen molar-refractivity contribution < 1.29 is 24.9 Å². The first-order valence-electron chi connectivity index (χ1n) is 11.6. The molecule has 0 spiro atoms. The zero-order valence-corrected chi connectivity index (χ0v) is 19.5. The Balaban J connectivity index is 1.64. The summed E-state index contributed by atoms with van der Waals surface area (Å²) in [6.45, 7) is 2.58. The molecular formula is C28H33NO5. The van der Waals surface area contributed by atoms with Crippen LogP contribution in [0.1, 0.15) is 42.2 Å². The third-order valence-electron chi connectivity index (χ3n) is 5.94. The molecule has 0 amide bonds. The third-order valence-corrected chi connectivity index (χ3v) is 5.94. The largest absolute Gasteiger partial charge is 0.482 e. The number of nitrogens with zero attached hydrogens (tertiary/aromatic N) is 1. The van der Waals surface area contributed by atoms with Gasteiger partial charge in [-0.3, -0.25) is 4.90 Å². The number of aryl methyl sites for hydroxylation is 1. The average molecular weight is 464 g/mol. The van der Waals surface area contributed by atoms with Gasteiger partial charge in [-0.25, -0.2) is 4.79 Å². The smallest absolute Gasteiger partial charge is 0.341 e. The van der Waals surface area contributed by atoms with Crippen LogP contribution in [0.25, 0.3) is 0 Å². The number of hydrogen-bond acceptors (Lipinski definition) is 5. The molecule has 0 fully saturated rings. The van der Waals surface area contributed by atoms with E-state index >= 15 is 0 Å². The Bertz CT molecular complexity index is 947. The monoisotopic (exact) mass is 463 g/mol. The fraction of sp³-hybridized carbons (Fsp3) is 0.321. The number of aliphatic carboxylic acids is 1. The molecule has 6 heteroatoms. The van der Waals surface area contributed by atoms with E-state index in [9.17, 15) is 15.0 Å². The van der Waals surface area contributed by atoms with Gasteiger partial charge < -0.3 is 20.1 Å². The second-order valence-corrected chi connectivity index (χ2v) is 8.52. The number of aliphatic hydroxyl groups excluding tert-OH is 2. The molecule has 0 saturated carbocycles. The first-order valence-corrected chi connectivity index (χ1v) is 11.6. The number of aliphatic hydroxyl groups is 2. The van der Waals surface area contributed by atoms with Crippen molar-refractivity contribution in [3.05, 3.63) is 102 Å². The van der Waals surface area contributed by atoms with Crippen molar-refractivity contribution in [1.82, 2.24) is 4.90 Å². The first-order chi connectivity index (χ1) is 16.4. The molecule has 3 N–H and O–H groups in total. The fourth-order valence-electron chi connectivity index (χ4n) is 3.90. The van der Waals surface area contributed by atoms with Crippen LogP contribution < -0.4 is 4.74 Å². The number of carboxylic acid groups (broad SMARTS) is 1. The molecule has 0 radical (unpaired) electrons. The van der Waals surface area contributed by atoms with Crippen LogP contribution in [0.5, 0.6) is 5.75 Å². The molecule has 6 nitrogen and oxygen atoms in total. The van der Waals surface area contributed by atoms with Gasteiger partial charge in [-0.15, -0.1) is 0 Å². The molecule has 0 aliphatic carbocycles. The molecule has 3 aromatic carbocycles. The van der Waals surface area contributed by atoms with Gasteiger partial charge in [-0.2, -0.15) is 0 Å². The van der Waals surface area contributed by atoms with Crippen molar-refractivity contribution in [3.63, 3.8) is 0 Å². The van der Waals surface area contributed by atoms with Crippen LogP contribution in [0.2, 0.25) is 0 Å². The van der Waals surface area contributed by atoms with Crippen molar-refractivity contribution in [2.45, 2.75) is 38.0 Å². The zero-order chi connectivity index (χ0) is 24.3. The molecule has 0 aromatic heterocycles. The van der Waals surface area contributed by atoms with Crippen molar-refractivity contribution in [2.24, 2.45) is 0 Å². The van der Waals surface area contributed by atoms with Crippen LogP contribution in [0.4, 0.5) is 0 Å². The average Bonchev–Trinajstić information content (AvgIpc) is 2.87. The number of benzene rings is 3. The minimum Gasteiger partial charge on any atom is -0.482 e. The molecule has 0 aliphatic heterocycles. The number of hydrogen-bond donors (Lipinski definition) is 3. The summed E-state index contributed by atoms with van der Waals surface area (Å²) >= 11 is 0. The molecule has 0 saturated heterocycles. The minimum atomic E-state index is -1.01. The first kappa shape index (κ1) is 25.4. The van der Waals surface area contributed by atoms with Crippen LogP contribution in [-0.4, -0.2) is 51.9 Å². The highest BCUT2D eigenvalue weighted by molar-refractivity contribution is 5.68. The van der Waals surface area contributed by atoms with Crippen molar-refractivity contribution in [2.75, 3.05) is 19.7 Å². The van der Waals surface area contributed by atoms with E-state index in [-0.39, 0.29) is 12.6 Å². The predicted octanol–water partition coefficient (Wildman–Crippen LogP) is 4.24. The molecule has 34 heavy (non-hydrogen) atoms. The van der Waals surface area contributed by atoms with E-state index in [1.165, 1.54) is 0 Å². The van der Waals surface area contributed by atoms with Crippen LogP contribution in [-0.2, 0) is 11.2 Å². The summed E-state index contributed by atoms with van der Waals surface area (Å²) in [5.41, 5.74) is 2.82. The molecule has 0 unspecified atom stereocenters. The van der Waals surface area contributed by atoms with Gasteiger partial charge in [0.25, 0.3) is 0 Å². The fourth-order valence-corrected chi connectivity index (χ4v) is 3.90. The van der Waals surface area contributed by atoms with E-state index in [4.69, 9.17) is 9.84 Å². The predicted molar refractivity (Wildman–Crippen MR) is 132 cm³/mol. The van der Waals surface area contributed by atoms with Crippen molar-refractivity contribution in [1.29, 1.82) is 0 Å². The van der Waals surface area contributed by atoms with Gasteiger partial charge in [-0.1, -0.05) is 72.8 Å². The molecule has 3 aromatic rings. The molecule has 0 aliphatic rings. The normalized spacial score (nSPS) is 13.9. The molecule has 180 valence electrons. The van der Waals surface area contributed by atoms with E-state index in [0.29, 0.717) is 18.8 Å². The standard InChI is InChI=1S/C28H33NO5/c1-21(12-13-22-14-16-25(17-15-22)34-20-28(32)33)29(18-26(30)23-8-4-2-5-9-23)19-27(31)24-10-6-3-7-11-24/h2-11,14-17,21,26-27,30-31H,12-13,18-20H2,1H3,(H,32,33)/t21-,26-,27-/m1/s1. The molecule has 0 heterocycles. The Morgan fingerprint density at radius 2 is 1.32 bits per heavy atom. The molecule has 3 atom stereocenters. The Kier molecular flexibility index (Phi) is 9.64. The SMILES string of the molecule is C[C@H](CCc1ccc(OCC(=O)O)cc1)N(C[C@@H](O)c1ccccc1)C[C@@H](O)c1ccccc1. The second-order valence-electron chi connectivity index (χ2n) is 8.52. The van der Waals surface area contributed by atoms with Crippen LogP contribution in [0.15, 0.2) is 84.9 Å². The lowest BCUT2D eigenvalue weighted by Gasteiger charge is -2.33. The maximum atomic E-state index is 10.8. The van der Waals surface area contributed by atoms with Gasteiger partial charge in [0.2, 0.25) is 0 Å². The summed E-state index contributed by atoms with van der Waals surface area (Å²) in [5, 5.41) is 30.4. The van der Waals surface area contributed by atoms with Gasteiger partial charge in [0.1, 0.15) is 5.75 Å². The van der Waals surface area contributed by atoms with E-state index in [1.807, 2.05) is 72.8 Å². The van der Waals surface area contributed by atoms with E-state index in [0.717, 1.165) is 29.5 Å². The van der Waals surface area contributed by atoms with E-state index in [2.05, 4.69) is 11.8 Å². The Morgan fingerprint density at radius 1 is 0.824 bits per heavy atom. The van der Waals surface area contributed by atoms with Gasteiger partial charge in [-0.05, 0) is 48.6 Å². The highest BCUT2D eigenvalue weighted by Crippen LogP contribution is 2.22. The number of carboxylic acids is 1. The minimum absolute atomic E-state index is 0.111. The van der Waals surface area contributed by atoms with Crippen molar-refractivity contribution in [3.8, 4) is 5.75 Å². The summed E-state index contributed by atoms with van der Waals surface area (Å²) in [6.07, 6.45) is 0.326. The number of carbonyl (C=O) groups is 1. The quantitative estimate of drug-likeness (QED) is 0.351. The van der Waals surface area contributed by atoms with E-state index in [1.54, 1.807) is 12.1 Å². The molecule has 3 rings (SSSR count). The Morgan fingerprint density at radius 3 is 1.79 bits per heavy atom. The topological polar surface area (TPSA) is 90.2 Å². The number of ether oxygens (including phenoxy) is 1. The van der Waals surface area contributed by atoms with Crippen LogP contribution in [0.3, 0.4) is 0 Å². The second kappa shape index (κ2) is 12.9. The summed E-state index contributed by atoms with van der Waals surface area (Å²) in [4.78, 5) is 12.8. The van der Waals surface area contributed by atoms with Gasteiger partial charge >= 0.3 is 5.97 Å². The lowest BCUT2D eigenvalue weighted by molar-refractivity contribution is -0.139. The Labute approximate surface area is 201 Å². The highest BCUT2D eigenvalue weighted by atomic mass is 16.5. The van der Waals surface area contributed by atoms with Crippen LogP contribution in [0, 0.1) is 0 Å². The van der Waals surface area contributed by atoms with Crippen molar-refractivity contribution >= 4 is 5.97 Å². The van der Waals surface area contributed by atoms with Gasteiger partial charge in [0.05, 0.1) is 12.2 Å². The maximum absolute atomic E-state index is 10.8. The van der Waals surface area contributed by atoms with Gasteiger partial charge in [0.15, 0.2) is 6.61 Å². The Hall–Kier alpha value is -3.19. The summed E-state index contributed by atoms with van der Waals surface area (Å²) in [7, 11) is 0. The summed E-state index contributed by atoms with van der Waals surface area (Å²) < 4.78 is 5.19. The molecule has 0 bridgehead atoms. The molecular weight excluding hydrogens is 430 g/mol. The number of rotatable bonds is 13. The van der Waals surface area contributed by atoms with E-state index < -0.39 is 18.2 Å². The van der Waals surface area contributed by atoms with Gasteiger partial charge in [0, 0.05) is 19.1 Å². The highest BCUT2D eigenvalue weighted by Gasteiger charge is 2.22. The summed E-state index contributed by atoms with van der Waals surface area (Å²) in [5.74, 6) is -0.480. The zero-order valence-electron chi connectivity index (χ0n) is 19.5. The lowest BCUT2D eigenvalue weighted by atomic mass is 10.0. The maximum Gasteiger partial charge on any atom is 0.341 e. The summed E-state index contributed by atoms with van der Waals surface area (Å²) in [6, 6.07) is 26.7. The lowest BCUT2D eigenvalue weighted by Crippen LogP contribution is -2.39. The van der Waals surface area contributed by atoms with Crippen LogP contribution >= 0.6 is 0 Å².